The van der Waals surface area contributed by atoms with Gasteiger partial charge in [0, 0.05) is 17.6 Å². The molecule has 0 fully saturated rings. The SMILES string of the molecule is O=C(NC(=Cc1ccc(Br)cc1)C(=O)N(CCO)CCO)c1ccco1. The average molecular weight is 423 g/mol. The molecule has 2 aromatic rings. The van der Waals surface area contributed by atoms with Gasteiger partial charge in [-0.2, -0.15) is 0 Å². The van der Waals surface area contributed by atoms with Crippen molar-refractivity contribution in [3.8, 4) is 0 Å². The summed E-state index contributed by atoms with van der Waals surface area (Å²) in [6.07, 6.45) is 2.88. The highest BCUT2D eigenvalue weighted by Gasteiger charge is 2.21. The predicted molar refractivity (Wildman–Crippen MR) is 99.0 cm³/mol. The molecule has 1 heterocycles. The summed E-state index contributed by atoms with van der Waals surface area (Å²) in [7, 11) is 0. The Kier molecular flexibility index (Phi) is 7.58. The summed E-state index contributed by atoms with van der Waals surface area (Å²) in [5.74, 6) is -1.02. The lowest BCUT2D eigenvalue weighted by Crippen LogP contribution is -2.41. The fourth-order valence-corrected chi connectivity index (χ4v) is 2.46. The van der Waals surface area contributed by atoms with Gasteiger partial charge >= 0.3 is 0 Å². The molecule has 0 radical (unpaired) electrons. The van der Waals surface area contributed by atoms with E-state index in [2.05, 4.69) is 21.2 Å². The van der Waals surface area contributed by atoms with Crippen LogP contribution in [-0.4, -0.2) is 53.2 Å². The Bertz CT molecular complexity index is 750. The third kappa shape index (κ3) is 5.55. The van der Waals surface area contributed by atoms with Gasteiger partial charge in [0.2, 0.25) is 0 Å². The molecule has 0 bridgehead atoms. The molecule has 0 unspecified atom stereocenters. The fourth-order valence-electron chi connectivity index (χ4n) is 2.20. The topological polar surface area (TPSA) is 103 Å². The third-order valence-electron chi connectivity index (χ3n) is 3.43. The van der Waals surface area contributed by atoms with Crippen molar-refractivity contribution in [3.05, 3.63) is 64.2 Å². The van der Waals surface area contributed by atoms with Gasteiger partial charge in [0.25, 0.3) is 11.8 Å². The Balaban J connectivity index is 2.31. The van der Waals surface area contributed by atoms with Gasteiger partial charge in [0.15, 0.2) is 5.76 Å². The van der Waals surface area contributed by atoms with Gasteiger partial charge in [-0.1, -0.05) is 28.1 Å². The van der Waals surface area contributed by atoms with Crippen molar-refractivity contribution in [2.45, 2.75) is 0 Å². The van der Waals surface area contributed by atoms with E-state index in [1.165, 1.54) is 23.3 Å². The van der Waals surface area contributed by atoms with Crippen LogP contribution < -0.4 is 5.32 Å². The Morgan fingerprint density at radius 3 is 2.31 bits per heavy atom. The normalized spacial score (nSPS) is 11.3. The highest BCUT2D eigenvalue weighted by molar-refractivity contribution is 9.10. The molecule has 0 aliphatic carbocycles. The molecule has 1 aromatic heterocycles. The molecular weight excluding hydrogens is 404 g/mol. The number of carbonyl (C=O) groups excluding carboxylic acids is 2. The number of rotatable bonds is 8. The van der Waals surface area contributed by atoms with Gasteiger partial charge < -0.3 is 24.8 Å². The lowest BCUT2D eigenvalue weighted by atomic mass is 10.1. The maximum atomic E-state index is 12.8. The van der Waals surface area contributed by atoms with E-state index in [-0.39, 0.29) is 37.8 Å². The molecular formula is C18H19BrN2O5. The predicted octanol–water partition coefficient (Wildman–Crippen LogP) is 1.63. The second kappa shape index (κ2) is 9.91. The molecule has 138 valence electrons. The first-order chi connectivity index (χ1) is 12.5. The first-order valence-electron chi connectivity index (χ1n) is 7.88. The van der Waals surface area contributed by atoms with Crippen LogP contribution in [0.3, 0.4) is 0 Å². The summed E-state index contributed by atoms with van der Waals surface area (Å²) in [5.41, 5.74) is 0.708. The van der Waals surface area contributed by atoms with E-state index in [1.54, 1.807) is 18.2 Å². The van der Waals surface area contributed by atoms with E-state index in [4.69, 9.17) is 14.6 Å². The molecule has 0 aliphatic rings. The summed E-state index contributed by atoms with van der Waals surface area (Å²) in [6.45, 7) is -0.450. The van der Waals surface area contributed by atoms with Gasteiger partial charge in [0.1, 0.15) is 5.70 Å². The molecule has 3 N–H and O–H groups in total. The van der Waals surface area contributed by atoms with Crippen LogP contribution in [0.1, 0.15) is 16.1 Å². The number of nitrogens with zero attached hydrogens (tertiary/aromatic N) is 1. The quantitative estimate of drug-likeness (QED) is 0.560. The number of furan rings is 1. The van der Waals surface area contributed by atoms with Crippen molar-refractivity contribution in [2.24, 2.45) is 0 Å². The summed E-state index contributed by atoms with van der Waals surface area (Å²) >= 11 is 3.34. The summed E-state index contributed by atoms with van der Waals surface area (Å²) in [6, 6.07) is 10.2. The maximum Gasteiger partial charge on any atom is 0.291 e. The summed E-state index contributed by atoms with van der Waals surface area (Å²) < 4.78 is 5.93. The van der Waals surface area contributed by atoms with Crippen molar-refractivity contribution in [2.75, 3.05) is 26.3 Å². The van der Waals surface area contributed by atoms with Crippen LogP contribution in [0.15, 0.2) is 57.2 Å². The zero-order chi connectivity index (χ0) is 18.9. The lowest BCUT2D eigenvalue weighted by molar-refractivity contribution is -0.128. The van der Waals surface area contributed by atoms with E-state index in [9.17, 15) is 9.59 Å². The monoisotopic (exact) mass is 422 g/mol. The first-order valence-corrected chi connectivity index (χ1v) is 8.67. The lowest BCUT2D eigenvalue weighted by Gasteiger charge is -2.22. The maximum absolute atomic E-state index is 12.8. The number of hydrogen-bond acceptors (Lipinski definition) is 5. The van der Waals surface area contributed by atoms with Gasteiger partial charge in [-0.05, 0) is 35.9 Å². The number of carbonyl (C=O) groups is 2. The molecule has 7 nitrogen and oxygen atoms in total. The van der Waals surface area contributed by atoms with Crippen molar-refractivity contribution >= 4 is 33.8 Å². The van der Waals surface area contributed by atoms with Gasteiger partial charge in [-0.25, -0.2) is 0 Å². The van der Waals surface area contributed by atoms with Gasteiger partial charge in [0.05, 0.1) is 19.5 Å². The number of aliphatic hydroxyl groups is 2. The Morgan fingerprint density at radius 2 is 1.77 bits per heavy atom. The van der Waals surface area contributed by atoms with E-state index < -0.39 is 11.8 Å². The van der Waals surface area contributed by atoms with E-state index in [1.807, 2.05) is 12.1 Å². The minimum absolute atomic E-state index is 0.00984. The molecule has 0 spiro atoms. The second-order valence-corrected chi connectivity index (χ2v) is 6.20. The number of hydrogen-bond donors (Lipinski definition) is 3. The highest BCUT2D eigenvalue weighted by Crippen LogP contribution is 2.14. The minimum Gasteiger partial charge on any atom is -0.459 e. The van der Waals surface area contributed by atoms with Crippen LogP contribution in [0.5, 0.6) is 0 Å². The van der Waals surface area contributed by atoms with E-state index >= 15 is 0 Å². The van der Waals surface area contributed by atoms with Crippen LogP contribution in [0.2, 0.25) is 0 Å². The smallest absolute Gasteiger partial charge is 0.291 e. The summed E-state index contributed by atoms with van der Waals surface area (Å²) in [5, 5.41) is 20.8. The molecule has 0 atom stereocenters. The molecule has 0 saturated heterocycles. The average Bonchev–Trinajstić information content (AvgIpc) is 3.17. The van der Waals surface area contributed by atoms with Crippen molar-refractivity contribution < 1.29 is 24.2 Å². The van der Waals surface area contributed by atoms with Gasteiger partial charge in [-0.15, -0.1) is 0 Å². The van der Waals surface area contributed by atoms with Gasteiger partial charge in [-0.3, -0.25) is 9.59 Å². The van der Waals surface area contributed by atoms with Crippen LogP contribution in [-0.2, 0) is 4.79 Å². The van der Waals surface area contributed by atoms with Crippen molar-refractivity contribution in [1.29, 1.82) is 0 Å². The van der Waals surface area contributed by atoms with Crippen LogP contribution in [0.25, 0.3) is 6.08 Å². The number of amides is 2. The number of benzene rings is 1. The molecule has 0 saturated carbocycles. The van der Waals surface area contributed by atoms with Crippen molar-refractivity contribution in [1.82, 2.24) is 10.2 Å². The number of nitrogens with one attached hydrogen (secondary N) is 1. The number of halogens is 1. The fraction of sp³-hybridized carbons (Fsp3) is 0.222. The van der Waals surface area contributed by atoms with E-state index in [0.29, 0.717) is 5.56 Å². The number of aliphatic hydroxyl groups excluding tert-OH is 2. The molecule has 0 aliphatic heterocycles. The zero-order valence-electron chi connectivity index (χ0n) is 13.9. The Labute approximate surface area is 159 Å². The van der Waals surface area contributed by atoms with E-state index in [0.717, 1.165) is 4.47 Å². The standard InChI is InChI=1S/C18H19BrN2O5/c19-14-5-3-13(4-6-14)12-15(18(25)21(7-9-22)8-10-23)20-17(24)16-2-1-11-26-16/h1-6,11-12,22-23H,7-10H2,(H,20,24). The van der Waals surface area contributed by atoms with Crippen molar-refractivity contribution in [3.63, 3.8) is 0 Å². The molecule has 8 heteroatoms. The molecule has 2 rings (SSSR count). The molecule has 2 amide bonds. The Hall–Kier alpha value is -2.42. The Morgan fingerprint density at radius 1 is 1.12 bits per heavy atom. The first kappa shape index (κ1) is 19.9. The highest BCUT2D eigenvalue weighted by atomic mass is 79.9. The summed E-state index contributed by atoms with van der Waals surface area (Å²) in [4.78, 5) is 26.3. The molecule has 26 heavy (non-hydrogen) atoms. The largest absolute Gasteiger partial charge is 0.459 e. The third-order valence-corrected chi connectivity index (χ3v) is 3.96. The molecule has 1 aromatic carbocycles. The van der Waals surface area contributed by atoms with Crippen LogP contribution in [0.4, 0.5) is 0 Å². The van der Waals surface area contributed by atoms with Crippen LogP contribution >= 0.6 is 15.9 Å². The second-order valence-electron chi connectivity index (χ2n) is 5.28. The minimum atomic E-state index is -0.570. The zero-order valence-corrected chi connectivity index (χ0v) is 15.5. The van der Waals surface area contributed by atoms with Crippen LogP contribution in [0, 0.1) is 0 Å².